The summed E-state index contributed by atoms with van der Waals surface area (Å²) in [5.74, 6) is 0.394. The monoisotopic (exact) mass is 344 g/mol. The normalized spacial score (nSPS) is 11.6. The van der Waals surface area contributed by atoms with Crippen LogP contribution in [0.2, 0.25) is 0 Å². The van der Waals surface area contributed by atoms with Crippen molar-refractivity contribution in [2.45, 2.75) is 25.3 Å². The highest BCUT2D eigenvalue weighted by atomic mass is 32.2. The fraction of sp³-hybridized carbons (Fsp3) is 0.200. The minimum atomic E-state index is -3.67. The lowest BCUT2D eigenvalue weighted by atomic mass is 10.1. The van der Waals surface area contributed by atoms with Crippen molar-refractivity contribution < 1.29 is 8.42 Å². The topological polar surface area (TPSA) is 103 Å². The summed E-state index contributed by atoms with van der Waals surface area (Å²) in [5, 5.41) is 11.5. The van der Waals surface area contributed by atoms with Gasteiger partial charge in [0.15, 0.2) is 5.82 Å². The highest BCUT2D eigenvalue weighted by Crippen LogP contribution is 2.14. The molecule has 1 N–H and O–H groups in total. The average Bonchev–Trinajstić information content (AvgIpc) is 3.05. The Bertz CT molecular complexity index is 953. The molecule has 0 saturated carbocycles. The molecule has 0 aliphatic rings. The van der Waals surface area contributed by atoms with Crippen LogP contribution in [-0.4, -0.2) is 33.6 Å². The van der Waals surface area contributed by atoms with Crippen LogP contribution in [0, 0.1) is 13.8 Å². The number of pyridine rings is 1. The van der Waals surface area contributed by atoms with Crippen LogP contribution in [-0.2, 0) is 16.6 Å². The lowest BCUT2D eigenvalue weighted by molar-refractivity contribution is 0.577. The Morgan fingerprint density at radius 2 is 2.00 bits per heavy atom. The first-order valence-electron chi connectivity index (χ1n) is 7.22. The van der Waals surface area contributed by atoms with Crippen LogP contribution in [0.1, 0.15) is 17.0 Å². The van der Waals surface area contributed by atoms with E-state index in [1.165, 1.54) is 23.1 Å². The largest absolute Gasteiger partial charge is 0.263 e. The number of sulfonamides is 1. The number of aryl methyl sites for hydroxylation is 2. The molecule has 24 heavy (non-hydrogen) atoms. The molecule has 8 nitrogen and oxygen atoms in total. The summed E-state index contributed by atoms with van der Waals surface area (Å²) < 4.78 is 28.5. The van der Waals surface area contributed by atoms with E-state index in [0.717, 1.165) is 16.8 Å². The zero-order chi connectivity index (χ0) is 17.2. The van der Waals surface area contributed by atoms with Gasteiger partial charge in [0.05, 0.1) is 12.2 Å². The van der Waals surface area contributed by atoms with Gasteiger partial charge in [-0.05, 0) is 59.7 Å². The van der Waals surface area contributed by atoms with Gasteiger partial charge in [-0.2, -0.15) is 4.68 Å². The molecule has 3 aromatic rings. The van der Waals surface area contributed by atoms with Crippen molar-refractivity contribution in [1.82, 2.24) is 29.9 Å². The SMILES string of the molecule is Cc1ccc(-n2nnnc2CNS(=O)(=O)c2cccnc2)cc1C. The summed E-state index contributed by atoms with van der Waals surface area (Å²) in [4.78, 5) is 3.91. The maximum absolute atomic E-state index is 12.2. The standard InChI is InChI=1S/C15H16N6O2S/c1-11-5-6-13(8-12(11)2)21-15(18-19-20-21)10-17-24(22,23)14-4-3-7-16-9-14/h3-9,17H,10H2,1-2H3. The molecular weight excluding hydrogens is 328 g/mol. The van der Waals surface area contributed by atoms with Gasteiger partial charge in [0, 0.05) is 12.4 Å². The van der Waals surface area contributed by atoms with Gasteiger partial charge in [0.25, 0.3) is 0 Å². The number of benzene rings is 1. The van der Waals surface area contributed by atoms with Crippen molar-refractivity contribution >= 4 is 10.0 Å². The van der Waals surface area contributed by atoms with Gasteiger partial charge < -0.3 is 0 Å². The summed E-state index contributed by atoms with van der Waals surface area (Å²) in [6, 6.07) is 8.84. The molecule has 0 amide bonds. The minimum Gasteiger partial charge on any atom is -0.263 e. The molecule has 0 bridgehead atoms. The zero-order valence-corrected chi connectivity index (χ0v) is 14.0. The molecule has 0 saturated heterocycles. The van der Waals surface area contributed by atoms with Gasteiger partial charge in [0.2, 0.25) is 10.0 Å². The van der Waals surface area contributed by atoms with Gasteiger partial charge in [-0.3, -0.25) is 4.98 Å². The van der Waals surface area contributed by atoms with Crippen LogP contribution >= 0.6 is 0 Å². The molecule has 3 rings (SSSR count). The highest BCUT2D eigenvalue weighted by Gasteiger charge is 2.16. The maximum Gasteiger partial charge on any atom is 0.242 e. The molecule has 2 aromatic heterocycles. The zero-order valence-electron chi connectivity index (χ0n) is 13.2. The van der Waals surface area contributed by atoms with Crippen LogP contribution in [0.3, 0.4) is 0 Å². The van der Waals surface area contributed by atoms with E-state index in [-0.39, 0.29) is 11.4 Å². The molecule has 0 atom stereocenters. The molecule has 9 heteroatoms. The number of tetrazole rings is 1. The van der Waals surface area contributed by atoms with E-state index < -0.39 is 10.0 Å². The summed E-state index contributed by atoms with van der Waals surface area (Å²) in [5.41, 5.74) is 3.04. The van der Waals surface area contributed by atoms with Crippen molar-refractivity contribution in [2.24, 2.45) is 0 Å². The first kappa shape index (κ1) is 16.2. The van der Waals surface area contributed by atoms with Crippen LogP contribution in [0.25, 0.3) is 5.69 Å². The molecule has 2 heterocycles. The lowest BCUT2D eigenvalue weighted by Gasteiger charge is -2.08. The van der Waals surface area contributed by atoms with Gasteiger partial charge >= 0.3 is 0 Å². The lowest BCUT2D eigenvalue weighted by Crippen LogP contribution is -2.25. The molecule has 124 valence electrons. The van der Waals surface area contributed by atoms with Gasteiger partial charge in [-0.1, -0.05) is 6.07 Å². The predicted molar refractivity (Wildman–Crippen MR) is 86.9 cm³/mol. The third kappa shape index (κ3) is 3.31. The number of aromatic nitrogens is 5. The Hall–Kier alpha value is -2.65. The number of nitrogens with one attached hydrogen (secondary N) is 1. The molecule has 0 fully saturated rings. The third-order valence-electron chi connectivity index (χ3n) is 3.63. The molecule has 0 unspecified atom stereocenters. The fourth-order valence-corrected chi connectivity index (χ4v) is 3.07. The van der Waals surface area contributed by atoms with Gasteiger partial charge in [-0.15, -0.1) is 5.10 Å². The minimum absolute atomic E-state index is 0.0306. The van der Waals surface area contributed by atoms with Gasteiger partial charge in [0.1, 0.15) is 4.90 Å². The van der Waals surface area contributed by atoms with Crippen LogP contribution in [0.15, 0.2) is 47.6 Å². The fourth-order valence-electron chi connectivity index (χ4n) is 2.12. The Morgan fingerprint density at radius 1 is 1.17 bits per heavy atom. The van der Waals surface area contributed by atoms with Crippen LogP contribution in [0.5, 0.6) is 0 Å². The highest BCUT2D eigenvalue weighted by molar-refractivity contribution is 7.89. The van der Waals surface area contributed by atoms with Crippen LogP contribution in [0.4, 0.5) is 0 Å². The average molecular weight is 344 g/mol. The van der Waals surface area contributed by atoms with E-state index in [4.69, 9.17) is 0 Å². The van der Waals surface area contributed by atoms with Crippen molar-refractivity contribution in [3.8, 4) is 5.69 Å². The van der Waals surface area contributed by atoms with E-state index in [1.54, 1.807) is 6.07 Å². The van der Waals surface area contributed by atoms with Gasteiger partial charge in [-0.25, -0.2) is 13.1 Å². The van der Waals surface area contributed by atoms with E-state index in [0.29, 0.717) is 5.82 Å². The second-order valence-electron chi connectivity index (χ2n) is 5.29. The third-order valence-corrected chi connectivity index (χ3v) is 5.02. The summed E-state index contributed by atoms with van der Waals surface area (Å²) >= 11 is 0. The molecule has 0 spiro atoms. The second kappa shape index (κ2) is 6.46. The Kier molecular flexibility index (Phi) is 4.36. The number of hydrogen-bond acceptors (Lipinski definition) is 6. The predicted octanol–water partition coefficient (Wildman–Crippen LogP) is 1.15. The first-order valence-corrected chi connectivity index (χ1v) is 8.70. The number of hydrogen-bond donors (Lipinski definition) is 1. The molecule has 1 aromatic carbocycles. The Balaban J connectivity index is 1.83. The van der Waals surface area contributed by atoms with Crippen molar-refractivity contribution in [3.63, 3.8) is 0 Å². The maximum atomic E-state index is 12.2. The summed E-state index contributed by atoms with van der Waals surface area (Å²) in [6.07, 6.45) is 2.80. The van der Waals surface area contributed by atoms with Crippen molar-refractivity contribution in [3.05, 3.63) is 59.7 Å². The smallest absolute Gasteiger partial charge is 0.242 e. The van der Waals surface area contributed by atoms with E-state index in [2.05, 4.69) is 25.2 Å². The number of rotatable bonds is 5. The van der Waals surface area contributed by atoms with E-state index >= 15 is 0 Å². The van der Waals surface area contributed by atoms with E-state index in [1.807, 2.05) is 32.0 Å². The van der Waals surface area contributed by atoms with E-state index in [9.17, 15) is 8.42 Å². The molecular formula is C15H16N6O2S. The number of nitrogens with zero attached hydrogens (tertiary/aromatic N) is 5. The quantitative estimate of drug-likeness (QED) is 0.745. The molecule has 0 aliphatic carbocycles. The van der Waals surface area contributed by atoms with Crippen molar-refractivity contribution in [2.75, 3.05) is 0 Å². The summed E-state index contributed by atoms with van der Waals surface area (Å²) in [6.45, 7) is 3.98. The Labute approximate surface area is 139 Å². The van der Waals surface area contributed by atoms with Crippen LogP contribution < -0.4 is 4.72 Å². The van der Waals surface area contributed by atoms with Crippen molar-refractivity contribution in [1.29, 1.82) is 0 Å². The molecule has 0 aliphatic heterocycles. The second-order valence-corrected chi connectivity index (χ2v) is 7.06. The molecule has 0 radical (unpaired) electrons. The first-order chi connectivity index (χ1) is 11.5. The Morgan fingerprint density at radius 3 is 2.71 bits per heavy atom. The summed E-state index contributed by atoms with van der Waals surface area (Å²) in [7, 11) is -3.67.